The molecule has 0 saturated heterocycles. The van der Waals surface area contributed by atoms with Crippen LogP contribution in [-0.2, 0) is 5.75 Å². The van der Waals surface area contributed by atoms with Crippen LogP contribution in [0.2, 0.25) is 4.47 Å². The Bertz CT molecular complexity index is 372. The highest BCUT2D eigenvalue weighted by Gasteiger charge is 2.00. The predicted molar refractivity (Wildman–Crippen MR) is 53.8 cm³/mol. The van der Waals surface area contributed by atoms with E-state index in [1.807, 2.05) is 0 Å². The van der Waals surface area contributed by atoms with Gasteiger partial charge in [-0.15, -0.1) is 16.4 Å². The summed E-state index contributed by atoms with van der Waals surface area (Å²) in [5.41, 5.74) is 0. The first kappa shape index (κ1) is 8.98. The fourth-order valence-electron chi connectivity index (χ4n) is 0.744. The lowest BCUT2D eigenvalue weighted by Gasteiger charge is -1.94. The Morgan fingerprint density at radius 2 is 2.54 bits per heavy atom. The number of thiazole rings is 1. The molecule has 0 bridgehead atoms. The minimum Gasteiger partial charge on any atom is -0.233 e. The molecule has 0 aliphatic rings. The van der Waals surface area contributed by atoms with Gasteiger partial charge in [-0.1, -0.05) is 11.6 Å². The number of rotatable bonds is 3. The molecule has 0 aliphatic heterocycles. The zero-order chi connectivity index (χ0) is 9.10. The summed E-state index contributed by atoms with van der Waals surface area (Å²) in [5, 5.41) is 3.96. The lowest BCUT2D eigenvalue weighted by Crippen LogP contribution is -1.86. The molecule has 0 radical (unpaired) electrons. The molecular formula is C6H5ClN4S2. The van der Waals surface area contributed by atoms with Gasteiger partial charge in [0, 0.05) is 11.1 Å². The van der Waals surface area contributed by atoms with Crippen molar-refractivity contribution in [3.8, 4) is 0 Å². The van der Waals surface area contributed by atoms with E-state index in [0.29, 0.717) is 4.47 Å². The molecule has 0 amide bonds. The summed E-state index contributed by atoms with van der Waals surface area (Å²) in [5.74, 6) is 0.813. The van der Waals surface area contributed by atoms with Crippen LogP contribution in [0.5, 0.6) is 0 Å². The first-order valence-corrected chi connectivity index (χ1v) is 5.56. The molecule has 2 aromatic rings. The van der Waals surface area contributed by atoms with Crippen LogP contribution in [0.1, 0.15) is 4.88 Å². The van der Waals surface area contributed by atoms with E-state index in [0.717, 1.165) is 10.6 Å². The normalized spacial score (nSPS) is 10.5. The van der Waals surface area contributed by atoms with Crippen molar-refractivity contribution < 1.29 is 0 Å². The van der Waals surface area contributed by atoms with Gasteiger partial charge in [0.05, 0.1) is 5.75 Å². The molecule has 4 nitrogen and oxygen atoms in total. The second-order valence-electron chi connectivity index (χ2n) is 2.15. The summed E-state index contributed by atoms with van der Waals surface area (Å²) >= 11 is 8.71. The quantitative estimate of drug-likeness (QED) is 0.813. The number of nitrogens with zero attached hydrogens (tertiary/aromatic N) is 4. The van der Waals surface area contributed by atoms with Gasteiger partial charge >= 0.3 is 0 Å². The molecule has 0 unspecified atom stereocenters. The first-order valence-electron chi connectivity index (χ1n) is 3.43. The van der Waals surface area contributed by atoms with Crippen LogP contribution in [0.3, 0.4) is 0 Å². The Balaban J connectivity index is 1.93. The van der Waals surface area contributed by atoms with Crippen LogP contribution in [0.25, 0.3) is 0 Å². The van der Waals surface area contributed by atoms with Crippen LogP contribution in [0.15, 0.2) is 18.9 Å². The Hall–Kier alpha value is -0.590. The summed E-state index contributed by atoms with van der Waals surface area (Å²) in [6.45, 7) is 0. The number of halogens is 1. The topological polar surface area (TPSA) is 43.6 Å². The van der Waals surface area contributed by atoms with Gasteiger partial charge in [0.1, 0.15) is 12.7 Å². The molecule has 2 aromatic heterocycles. The van der Waals surface area contributed by atoms with E-state index in [4.69, 9.17) is 11.6 Å². The van der Waals surface area contributed by atoms with Gasteiger partial charge in [-0.05, 0) is 11.9 Å². The fourth-order valence-corrected chi connectivity index (χ4v) is 2.48. The zero-order valence-electron chi connectivity index (χ0n) is 6.42. The molecule has 0 aromatic carbocycles. The zero-order valence-corrected chi connectivity index (χ0v) is 8.81. The maximum Gasteiger partial charge on any atom is 0.183 e. The molecule has 13 heavy (non-hydrogen) atoms. The third-order valence-corrected chi connectivity index (χ3v) is 3.45. The van der Waals surface area contributed by atoms with E-state index in [1.165, 1.54) is 17.7 Å². The molecule has 0 fully saturated rings. The summed E-state index contributed by atoms with van der Waals surface area (Å²) in [6, 6.07) is 0. The highest BCUT2D eigenvalue weighted by atomic mass is 35.5. The maximum absolute atomic E-state index is 5.68. The summed E-state index contributed by atoms with van der Waals surface area (Å²) in [4.78, 5) is 8.90. The summed E-state index contributed by atoms with van der Waals surface area (Å²) in [6.07, 6.45) is 4.94. The Kier molecular flexibility index (Phi) is 2.82. The van der Waals surface area contributed by atoms with Crippen molar-refractivity contribution in [2.75, 3.05) is 0 Å². The van der Waals surface area contributed by atoms with Gasteiger partial charge in [0.25, 0.3) is 0 Å². The lowest BCUT2D eigenvalue weighted by atomic mass is 10.6. The summed E-state index contributed by atoms with van der Waals surface area (Å²) in [7, 11) is 0. The van der Waals surface area contributed by atoms with Crippen molar-refractivity contribution in [3.63, 3.8) is 0 Å². The number of hydrogen-bond acceptors (Lipinski definition) is 5. The average molecular weight is 233 g/mol. The second-order valence-corrected chi connectivity index (χ2v) is 4.77. The third-order valence-electron chi connectivity index (χ3n) is 1.26. The standard InChI is InChI=1S/C6H5ClN4S2/c7-6-9-1-5(13-6)2-12-11-4-8-3-10-11/h1,3-4H,2H2. The maximum atomic E-state index is 5.68. The molecule has 2 heterocycles. The highest BCUT2D eigenvalue weighted by Crippen LogP contribution is 2.22. The average Bonchev–Trinajstić information content (AvgIpc) is 2.71. The fraction of sp³-hybridized carbons (Fsp3) is 0.167. The van der Waals surface area contributed by atoms with E-state index < -0.39 is 0 Å². The molecule has 68 valence electrons. The second kappa shape index (κ2) is 4.08. The van der Waals surface area contributed by atoms with Crippen LogP contribution >= 0.6 is 34.9 Å². The first-order chi connectivity index (χ1) is 6.34. The van der Waals surface area contributed by atoms with E-state index in [1.54, 1.807) is 28.6 Å². The smallest absolute Gasteiger partial charge is 0.183 e. The Morgan fingerprint density at radius 1 is 1.62 bits per heavy atom. The van der Waals surface area contributed by atoms with Crippen molar-refractivity contribution >= 4 is 34.9 Å². The van der Waals surface area contributed by atoms with Crippen LogP contribution in [-0.4, -0.2) is 19.2 Å². The van der Waals surface area contributed by atoms with Crippen LogP contribution in [0.4, 0.5) is 0 Å². The Labute approximate surface area is 88.1 Å². The molecule has 7 heteroatoms. The largest absolute Gasteiger partial charge is 0.233 e. The highest BCUT2D eigenvalue weighted by molar-refractivity contribution is 7.97. The molecule has 0 N–H and O–H groups in total. The van der Waals surface area contributed by atoms with Gasteiger partial charge in [0.15, 0.2) is 4.47 Å². The van der Waals surface area contributed by atoms with Crippen molar-refractivity contribution in [3.05, 3.63) is 28.2 Å². The van der Waals surface area contributed by atoms with Crippen molar-refractivity contribution in [1.29, 1.82) is 0 Å². The minimum absolute atomic E-state index is 0.578. The minimum atomic E-state index is 0.578. The van der Waals surface area contributed by atoms with E-state index in [9.17, 15) is 0 Å². The van der Waals surface area contributed by atoms with Crippen LogP contribution < -0.4 is 0 Å². The van der Waals surface area contributed by atoms with Gasteiger partial charge in [-0.2, -0.15) is 4.09 Å². The third kappa shape index (κ3) is 2.43. The molecular weight excluding hydrogens is 228 g/mol. The van der Waals surface area contributed by atoms with Gasteiger partial charge in [0.2, 0.25) is 0 Å². The lowest BCUT2D eigenvalue weighted by molar-refractivity contribution is 1.01. The van der Waals surface area contributed by atoms with E-state index in [-0.39, 0.29) is 0 Å². The van der Waals surface area contributed by atoms with Gasteiger partial charge < -0.3 is 0 Å². The van der Waals surface area contributed by atoms with E-state index in [2.05, 4.69) is 15.1 Å². The predicted octanol–water partition coefficient (Wildman–Crippen LogP) is 2.08. The summed E-state index contributed by atoms with van der Waals surface area (Å²) < 4.78 is 2.28. The van der Waals surface area contributed by atoms with Crippen molar-refractivity contribution in [2.45, 2.75) is 5.75 Å². The van der Waals surface area contributed by atoms with Crippen molar-refractivity contribution in [1.82, 2.24) is 19.2 Å². The molecule has 0 atom stereocenters. The SMILES string of the molecule is Clc1ncc(CSn2cncn2)s1. The van der Waals surface area contributed by atoms with Crippen molar-refractivity contribution in [2.24, 2.45) is 0 Å². The molecule has 0 aliphatic carbocycles. The van der Waals surface area contributed by atoms with Gasteiger partial charge in [-0.3, -0.25) is 0 Å². The monoisotopic (exact) mass is 232 g/mol. The Morgan fingerprint density at radius 3 is 3.15 bits per heavy atom. The van der Waals surface area contributed by atoms with E-state index >= 15 is 0 Å². The molecule has 0 saturated carbocycles. The molecule has 0 spiro atoms. The number of aromatic nitrogens is 4. The van der Waals surface area contributed by atoms with Crippen LogP contribution in [0, 0.1) is 0 Å². The molecule has 2 rings (SSSR count). The number of hydrogen-bond donors (Lipinski definition) is 0. The van der Waals surface area contributed by atoms with Gasteiger partial charge in [-0.25, -0.2) is 9.97 Å².